The minimum atomic E-state index is -0.131. The summed E-state index contributed by atoms with van der Waals surface area (Å²) in [5, 5.41) is 16.8. The second-order valence-corrected chi connectivity index (χ2v) is 6.81. The van der Waals surface area contributed by atoms with Crippen LogP contribution in [0.1, 0.15) is 28.8 Å². The second-order valence-electron chi connectivity index (χ2n) is 6.81. The topological polar surface area (TPSA) is 90.0 Å². The Morgan fingerprint density at radius 2 is 2.15 bits per heavy atom. The number of phenolic OH excluding ortho intramolecular Hbond substituents is 1. The van der Waals surface area contributed by atoms with Crippen molar-refractivity contribution in [3.63, 3.8) is 0 Å². The zero-order chi connectivity index (χ0) is 17.9. The lowest BCUT2D eigenvalue weighted by molar-refractivity contribution is 0.0954. The van der Waals surface area contributed by atoms with Crippen LogP contribution in [0.5, 0.6) is 5.75 Å². The number of benzene rings is 1. The van der Waals surface area contributed by atoms with Crippen molar-refractivity contribution in [2.45, 2.75) is 19.3 Å². The van der Waals surface area contributed by atoms with Gasteiger partial charge < -0.3 is 20.7 Å². The summed E-state index contributed by atoms with van der Waals surface area (Å²) in [6.45, 7) is 1.47. The quantitative estimate of drug-likeness (QED) is 0.527. The van der Waals surface area contributed by atoms with Crippen molar-refractivity contribution < 1.29 is 9.90 Å². The Hall–Kier alpha value is -3.02. The smallest absolute Gasteiger partial charge is 0.252 e. The SMILES string of the molecule is O=C(NCCc1c[nH]c2ccc(O)cc12)c1ccc(NCC2CC2)nc1. The van der Waals surface area contributed by atoms with Gasteiger partial charge in [-0.15, -0.1) is 0 Å². The molecule has 1 amide bonds. The Labute approximate surface area is 151 Å². The summed E-state index contributed by atoms with van der Waals surface area (Å²) in [5.74, 6) is 1.70. The number of nitrogens with one attached hydrogen (secondary N) is 3. The molecule has 0 unspecified atom stereocenters. The first kappa shape index (κ1) is 16.4. The number of phenols is 1. The zero-order valence-electron chi connectivity index (χ0n) is 14.5. The number of aromatic hydroxyl groups is 1. The molecule has 2 heterocycles. The van der Waals surface area contributed by atoms with Crippen LogP contribution < -0.4 is 10.6 Å². The van der Waals surface area contributed by atoms with Crippen LogP contribution in [0.25, 0.3) is 10.9 Å². The van der Waals surface area contributed by atoms with Crippen LogP contribution >= 0.6 is 0 Å². The van der Waals surface area contributed by atoms with E-state index < -0.39 is 0 Å². The first-order valence-electron chi connectivity index (χ1n) is 8.96. The molecule has 1 fully saturated rings. The van der Waals surface area contributed by atoms with E-state index in [9.17, 15) is 9.90 Å². The molecule has 0 saturated heterocycles. The van der Waals surface area contributed by atoms with Crippen LogP contribution in [0.15, 0.2) is 42.7 Å². The van der Waals surface area contributed by atoms with Crippen molar-refractivity contribution in [3.05, 3.63) is 53.9 Å². The fourth-order valence-corrected chi connectivity index (χ4v) is 2.99. The normalized spacial score (nSPS) is 13.7. The summed E-state index contributed by atoms with van der Waals surface area (Å²) in [6.07, 6.45) is 6.79. The molecule has 6 nitrogen and oxygen atoms in total. The van der Waals surface area contributed by atoms with Gasteiger partial charge in [0, 0.05) is 36.4 Å². The fourth-order valence-electron chi connectivity index (χ4n) is 2.99. The molecule has 2 aromatic heterocycles. The molecule has 4 rings (SSSR count). The molecule has 6 heteroatoms. The number of hydrogen-bond donors (Lipinski definition) is 4. The Bertz CT molecular complexity index is 913. The number of carbonyl (C=O) groups excluding carboxylic acids is 1. The van der Waals surface area contributed by atoms with Gasteiger partial charge >= 0.3 is 0 Å². The maximum absolute atomic E-state index is 12.3. The molecular weight excluding hydrogens is 328 g/mol. The third-order valence-electron chi connectivity index (χ3n) is 4.73. The van der Waals surface area contributed by atoms with Crippen molar-refractivity contribution in [2.75, 3.05) is 18.4 Å². The van der Waals surface area contributed by atoms with Crippen molar-refractivity contribution >= 4 is 22.6 Å². The standard InChI is InChI=1S/C20H22N4O2/c25-16-4-5-18-17(9-16)14(11-22-18)7-8-21-20(26)15-3-6-19(24-12-15)23-10-13-1-2-13/h3-6,9,11-13,22,25H,1-2,7-8,10H2,(H,21,26)(H,23,24). The largest absolute Gasteiger partial charge is 0.508 e. The van der Waals surface area contributed by atoms with Gasteiger partial charge in [0.2, 0.25) is 0 Å². The number of anilines is 1. The van der Waals surface area contributed by atoms with Gasteiger partial charge in [0.05, 0.1) is 5.56 Å². The van der Waals surface area contributed by atoms with Crippen molar-refractivity contribution in [3.8, 4) is 5.75 Å². The van der Waals surface area contributed by atoms with E-state index >= 15 is 0 Å². The van der Waals surface area contributed by atoms with E-state index in [0.717, 1.165) is 34.7 Å². The van der Waals surface area contributed by atoms with Crippen LogP contribution in [-0.2, 0) is 6.42 Å². The molecular formula is C20H22N4O2. The highest BCUT2D eigenvalue weighted by atomic mass is 16.3. The molecule has 0 bridgehead atoms. The predicted octanol–water partition coefficient (Wildman–Crippen LogP) is 3.06. The van der Waals surface area contributed by atoms with E-state index in [2.05, 4.69) is 20.6 Å². The van der Waals surface area contributed by atoms with Gasteiger partial charge in [-0.3, -0.25) is 4.79 Å². The van der Waals surface area contributed by atoms with E-state index in [4.69, 9.17) is 0 Å². The molecule has 1 aliphatic carbocycles. The van der Waals surface area contributed by atoms with Crippen LogP contribution in [0.2, 0.25) is 0 Å². The predicted molar refractivity (Wildman–Crippen MR) is 101 cm³/mol. The van der Waals surface area contributed by atoms with Gasteiger partial charge in [-0.1, -0.05) is 0 Å². The third kappa shape index (κ3) is 3.79. The Balaban J connectivity index is 1.30. The molecule has 3 aromatic rings. The zero-order valence-corrected chi connectivity index (χ0v) is 14.5. The van der Waals surface area contributed by atoms with E-state index in [0.29, 0.717) is 18.5 Å². The maximum atomic E-state index is 12.3. The number of hydrogen-bond acceptors (Lipinski definition) is 4. The van der Waals surface area contributed by atoms with Gasteiger partial charge in [-0.25, -0.2) is 4.98 Å². The molecule has 134 valence electrons. The molecule has 4 N–H and O–H groups in total. The van der Waals surface area contributed by atoms with Crippen LogP contribution in [0.3, 0.4) is 0 Å². The Morgan fingerprint density at radius 3 is 2.92 bits per heavy atom. The summed E-state index contributed by atoms with van der Waals surface area (Å²) < 4.78 is 0. The molecule has 1 aromatic carbocycles. The minimum Gasteiger partial charge on any atom is -0.508 e. The number of carbonyl (C=O) groups is 1. The lowest BCUT2D eigenvalue weighted by Crippen LogP contribution is -2.25. The highest BCUT2D eigenvalue weighted by Gasteiger charge is 2.20. The van der Waals surface area contributed by atoms with Crippen LogP contribution in [0.4, 0.5) is 5.82 Å². The summed E-state index contributed by atoms with van der Waals surface area (Å²) in [4.78, 5) is 19.7. The first-order chi connectivity index (χ1) is 12.7. The van der Waals surface area contributed by atoms with Gasteiger partial charge in [-0.05, 0) is 61.1 Å². The maximum Gasteiger partial charge on any atom is 0.252 e. The summed E-state index contributed by atoms with van der Waals surface area (Å²) in [6, 6.07) is 8.87. The number of aromatic nitrogens is 2. The Kier molecular flexibility index (Phi) is 4.48. The molecule has 0 spiro atoms. The number of pyridine rings is 1. The van der Waals surface area contributed by atoms with Crippen molar-refractivity contribution in [1.29, 1.82) is 0 Å². The average Bonchev–Trinajstić information content (AvgIpc) is 3.41. The summed E-state index contributed by atoms with van der Waals surface area (Å²) in [7, 11) is 0. The monoisotopic (exact) mass is 350 g/mol. The van der Waals surface area contributed by atoms with Gasteiger partial charge in [0.15, 0.2) is 0 Å². The summed E-state index contributed by atoms with van der Waals surface area (Å²) >= 11 is 0. The lowest BCUT2D eigenvalue weighted by Gasteiger charge is -2.07. The lowest BCUT2D eigenvalue weighted by atomic mass is 10.1. The number of H-pyrrole nitrogens is 1. The van der Waals surface area contributed by atoms with Crippen molar-refractivity contribution in [2.24, 2.45) is 5.92 Å². The van der Waals surface area contributed by atoms with Crippen LogP contribution in [0, 0.1) is 5.92 Å². The van der Waals surface area contributed by atoms with E-state index in [1.807, 2.05) is 18.3 Å². The van der Waals surface area contributed by atoms with E-state index in [-0.39, 0.29) is 11.7 Å². The highest BCUT2D eigenvalue weighted by molar-refractivity contribution is 5.94. The van der Waals surface area contributed by atoms with Crippen LogP contribution in [-0.4, -0.2) is 34.1 Å². The number of fused-ring (bicyclic) bond motifs is 1. The van der Waals surface area contributed by atoms with Gasteiger partial charge in [0.25, 0.3) is 5.91 Å². The third-order valence-corrected chi connectivity index (χ3v) is 4.73. The van der Waals surface area contributed by atoms with Crippen molar-refractivity contribution in [1.82, 2.24) is 15.3 Å². The highest BCUT2D eigenvalue weighted by Crippen LogP contribution is 2.28. The molecule has 1 aliphatic rings. The van der Waals surface area contributed by atoms with E-state index in [1.165, 1.54) is 12.8 Å². The second kappa shape index (κ2) is 7.07. The number of amides is 1. The fraction of sp³-hybridized carbons (Fsp3) is 0.300. The number of aromatic amines is 1. The Morgan fingerprint density at radius 1 is 1.27 bits per heavy atom. The first-order valence-corrected chi connectivity index (χ1v) is 8.96. The molecule has 0 radical (unpaired) electrons. The van der Waals surface area contributed by atoms with Gasteiger partial charge in [0.1, 0.15) is 11.6 Å². The molecule has 0 aliphatic heterocycles. The summed E-state index contributed by atoms with van der Waals surface area (Å²) in [5.41, 5.74) is 2.59. The molecule has 0 atom stereocenters. The van der Waals surface area contributed by atoms with Gasteiger partial charge in [-0.2, -0.15) is 0 Å². The molecule has 1 saturated carbocycles. The minimum absolute atomic E-state index is 0.131. The number of nitrogens with zero attached hydrogens (tertiary/aromatic N) is 1. The number of rotatable bonds is 7. The molecule has 26 heavy (non-hydrogen) atoms. The average molecular weight is 350 g/mol. The van der Waals surface area contributed by atoms with E-state index in [1.54, 1.807) is 24.4 Å².